The first-order valence-electron chi connectivity index (χ1n) is 3.78. The number of nitrogens with zero attached hydrogens (tertiary/aromatic N) is 3. The summed E-state index contributed by atoms with van der Waals surface area (Å²) in [5, 5.41) is 0. The van der Waals surface area contributed by atoms with Gasteiger partial charge >= 0.3 is 0 Å². The van der Waals surface area contributed by atoms with Gasteiger partial charge in [0.15, 0.2) is 0 Å². The second kappa shape index (κ2) is 2.86. The van der Waals surface area contributed by atoms with E-state index < -0.39 is 0 Å². The molecule has 0 saturated carbocycles. The quantitative estimate of drug-likeness (QED) is 0.698. The lowest BCUT2D eigenvalue weighted by Crippen LogP contribution is -1.90. The molecule has 12 heavy (non-hydrogen) atoms. The minimum atomic E-state index is 0.812. The van der Waals surface area contributed by atoms with Gasteiger partial charge in [0.25, 0.3) is 0 Å². The molecular formula is C8H8BrN3. The van der Waals surface area contributed by atoms with Gasteiger partial charge in [0.1, 0.15) is 10.1 Å². The first-order valence-corrected chi connectivity index (χ1v) is 4.57. The summed E-state index contributed by atoms with van der Waals surface area (Å²) in [6.07, 6.45) is 3.61. The molecule has 0 aromatic carbocycles. The highest BCUT2D eigenvalue weighted by atomic mass is 79.9. The zero-order valence-corrected chi connectivity index (χ0v) is 8.24. The maximum Gasteiger partial charge on any atom is 0.133 e. The van der Waals surface area contributed by atoms with Crippen LogP contribution in [0.25, 0.3) is 11.0 Å². The van der Waals surface area contributed by atoms with Crippen molar-refractivity contribution in [2.24, 2.45) is 0 Å². The monoisotopic (exact) mass is 225 g/mol. The normalized spacial score (nSPS) is 10.8. The lowest BCUT2D eigenvalue weighted by Gasteiger charge is -1.97. The molecule has 0 aliphatic carbocycles. The molecule has 2 rings (SSSR count). The van der Waals surface area contributed by atoms with Gasteiger partial charge in [0.05, 0.1) is 11.8 Å². The van der Waals surface area contributed by atoms with E-state index in [1.54, 1.807) is 6.20 Å². The summed E-state index contributed by atoms with van der Waals surface area (Å²) in [4.78, 5) is 8.34. The molecule has 0 aliphatic rings. The van der Waals surface area contributed by atoms with Crippen LogP contribution >= 0.6 is 15.9 Å². The van der Waals surface area contributed by atoms with E-state index in [1.165, 1.54) is 0 Å². The van der Waals surface area contributed by atoms with E-state index in [9.17, 15) is 0 Å². The lowest BCUT2D eigenvalue weighted by molar-refractivity contribution is 0.787. The highest BCUT2D eigenvalue weighted by Crippen LogP contribution is 2.19. The lowest BCUT2D eigenvalue weighted by atomic mass is 10.4. The number of fused-ring (bicyclic) bond motifs is 1. The van der Waals surface area contributed by atoms with Crippen molar-refractivity contribution in [2.75, 3.05) is 0 Å². The first-order chi connectivity index (χ1) is 5.83. The summed E-state index contributed by atoms with van der Waals surface area (Å²) < 4.78 is 2.90. The van der Waals surface area contributed by atoms with Crippen molar-refractivity contribution < 1.29 is 0 Å². The molecule has 0 saturated heterocycles. The van der Waals surface area contributed by atoms with Gasteiger partial charge in [-0.3, -0.25) is 0 Å². The Morgan fingerprint density at radius 2 is 2.33 bits per heavy atom. The van der Waals surface area contributed by atoms with Gasteiger partial charge in [0.2, 0.25) is 0 Å². The fraction of sp³-hybridized carbons (Fsp3) is 0.250. The van der Waals surface area contributed by atoms with Crippen molar-refractivity contribution in [2.45, 2.75) is 13.5 Å². The minimum absolute atomic E-state index is 0.812. The molecule has 2 heterocycles. The van der Waals surface area contributed by atoms with Crippen LogP contribution in [0.15, 0.2) is 23.2 Å². The average Bonchev–Trinajstić information content (AvgIpc) is 2.49. The van der Waals surface area contributed by atoms with E-state index in [4.69, 9.17) is 0 Å². The molecule has 62 valence electrons. The molecule has 0 unspecified atom stereocenters. The van der Waals surface area contributed by atoms with Crippen LogP contribution in [0.4, 0.5) is 0 Å². The van der Waals surface area contributed by atoms with Crippen LogP contribution in [0.1, 0.15) is 6.92 Å². The van der Waals surface area contributed by atoms with Gasteiger partial charge in [0, 0.05) is 12.7 Å². The smallest absolute Gasteiger partial charge is 0.133 e. The predicted octanol–water partition coefficient (Wildman–Crippen LogP) is 2.21. The fourth-order valence-electron chi connectivity index (χ4n) is 1.21. The third-order valence-electron chi connectivity index (χ3n) is 1.83. The standard InChI is InChI=1S/C8H8BrN3/c1-2-12-5-11-7-6(12)3-4-10-8(7)9/h3-5H,2H2,1H3. The van der Waals surface area contributed by atoms with Gasteiger partial charge in [-0.1, -0.05) is 0 Å². The Morgan fingerprint density at radius 3 is 3.08 bits per heavy atom. The number of hydrogen-bond donors (Lipinski definition) is 0. The molecule has 0 atom stereocenters. The Morgan fingerprint density at radius 1 is 1.50 bits per heavy atom. The molecule has 0 amide bonds. The summed E-state index contributed by atoms with van der Waals surface area (Å²) in [5.74, 6) is 0. The molecular weight excluding hydrogens is 218 g/mol. The molecule has 2 aromatic heterocycles. The minimum Gasteiger partial charge on any atom is -0.331 e. The van der Waals surface area contributed by atoms with Crippen LogP contribution < -0.4 is 0 Å². The van der Waals surface area contributed by atoms with Crippen LogP contribution in [0, 0.1) is 0 Å². The van der Waals surface area contributed by atoms with Crippen molar-refractivity contribution in [3.05, 3.63) is 23.2 Å². The summed E-state index contributed by atoms with van der Waals surface area (Å²) >= 11 is 3.35. The highest BCUT2D eigenvalue weighted by molar-refractivity contribution is 9.10. The third kappa shape index (κ3) is 1.03. The van der Waals surface area contributed by atoms with Crippen molar-refractivity contribution in [3.8, 4) is 0 Å². The molecule has 2 aromatic rings. The van der Waals surface area contributed by atoms with E-state index in [1.807, 2.05) is 12.4 Å². The molecule has 4 heteroatoms. The fourth-order valence-corrected chi connectivity index (χ4v) is 1.64. The Kier molecular flexibility index (Phi) is 1.84. The van der Waals surface area contributed by atoms with E-state index in [-0.39, 0.29) is 0 Å². The number of rotatable bonds is 1. The van der Waals surface area contributed by atoms with E-state index >= 15 is 0 Å². The van der Waals surface area contributed by atoms with Gasteiger partial charge < -0.3 is 4.57 Å². The van der Waals surface area contributed by atoms with E-state index in [0.717, 1.165) is 22.2 Å². The van der Waals surface area contributed by atoms with Gasteiger partial charge in [-0.15, -0.1) is 0 Å². The molecule has 0 bridgehead atoms. The Bertz CT molecular complexity index is 408. The summed E-state index contributed by atoms with van der Waals surface area (Å²) in [6, 6.07) is 1.97. The Hall–Kier alpha value is -0.900. The van der Waals surface area contributed by atoms with Crippen LogP contribution in [-0.2, 0) is 6.54 Å². The maximum absolute atomic E-state index is 4.24. The van der Waals surface area contributed by atoms with Crippen molar-refractivity contribution in [3.63, 3.8) is 0 Å². The molecule has 0 aliphatic heterocycles. The Labute approximate surface area is 78.6 Å². The van der Waals surface area contributed by atoms with Gasteiger partial charge in [-0.25, -0.2) is 9.97 Å². The number of imidazole rings is 1. The van der Waals surface area contributed by atoms with Crippen LogP contribution in [0.2, 0.25) is 0 Å². The number of aryl methyl sites for hydroxylation is 1. The third-order valence-corrected chi connectivity index (χ3v) is 2.41. The second-order valence-corrected chi connectivity index (χ2v) is 3.25. The molecule has 0 radical (unpaired) electrons. The number of pyridine rings is 1. The predicted molar refractivity (Wildman–Crippen MR) is 50.9 cm³/mol. The summed E-state index contributed by atoms with van der Waals surface area (Å²) in [5.41, 5.74) is 2.05. The summed E-state index contributed by atoms with van der Waals surface area (Å²) in [7, 11) is 0. The Balaban J connectivity index is 2.80. The van der Waals surface area contributed by atoms with Gasteiger partial charge in [-0.2, -0.15) is 0 Å². The van der Waals surface area contributed by atoms with Crippen molar-refractivity contribution in [1.29, 1.82) is 0 Å². The van der Waals surface area contributed by atoms with Crippen LogP contribution in [0.3, 0.4) is 0 Å². The number of hydrogen-bond acceptors (Lipinski definition) is 2. The van der Waals surface area contributed by atoms with Gasteiger partial charge in [-0.05, 0) is 28.9 Å². The van der Waals surface area contributed by atoms with Crippen molar-refractivity contribution in [1.82, 2.24) is 14.5 Å². The second-order valence-electron chi connectivity index (χ2n) is 2.50. The SMILES string of the molecule is CCn1cnc2c(Br)nccc21. The zero-order valence-electron chi connectivity index (χ0n) is 6.66. The van der Waals surface area contributed by atoms with Crippen molar-refractivity contribution >= 4 is 27.0 Å². The largest absolute Gasteiger partial charge is 0.331 e. The van der Waals surface area contributed by atoms with E-state index in [0.29, 0.717) is 0 Å². The van der Waals surface area contributed by atoms with Crippen LogP contribution in [-0.4, -0.2) is 14.5 Å². The summed E-state index contributed by atoms with van der Waals surface area (Å²) in [6.45, 7) is 3.03. The van der Waals surface area contributed by atoms with E-state index in [2.05, 4.69) is 37.4 Å². The maximum atomic E-state index is 4.24. The van der Waals surface area contributed by atoms with Crippen LogP contribution in [0.5, 0.6) is 0 Å². The number of aromatic nitrogens is 3. The average molecular weight is 226 g/mol. The topological polar surface area (TPSA) is 30.7 Å². The molecule has 0 spiro atoms. The first kappa shape index (κ1) is 7.73. The number of halogens is 1. The molecule has 0 fully saturated rings. The molecule has 3 nitrogen and oxygen atoms in total. The highest BCUT2D eigenvalue weighted by Gasteiger charge is 2.03. The molecule has 0 N–H and O–H groups in total. The zero-order chi connectivity index (χ0) is 8.55.